The molecule has 1 heterocycles. The van der Waals surface area contributed by atoms with Gasteiger partial charge in [0.1, 0.15) is 5.82 Å². The van der Waals surface area contributed by atoms with Gasteiger partial charge in [-0.05, 0) is 31.7 Å². The summed E-state index contributed by atoms with van der Waals surface area (Å²) in [6.07, 6.45) is 4.62. The van der Waals surface area contributed by atoms with Crippen molar-refractivity contribution in [2.75, 3.05) is 18.2 Å². The van der Waals surface area contributed by atoms with Gasteiger partial charge in [0.25, 0.3) is 0 Å². The van der Waals surface area contributed by atoms with Gasteiger partial charge < -0.3 is 20.9 Å². The van der Waals surface area contributed by atoms with Gasteiger partial charge in [0, 0.05) is 12.2 Å². The number of ether oxygens (including phenoxy) is 1. The number of pyridine rings is 1. The maximum atomic E-state index is 11.3. The molecule has 0 aliphatic heterocycles. The number of nitrogen functional groups attached to an aromatic ring is 1. The topological polar surface area (TPSA) is 97.5 Å². The summed E-state index contributed by atoms with van der Waals surface area (Å²) < 4.78 is 4.61. The van der Waals surface area contributed by atoms with Gasteiger partial charge in [-0.3, -0.25) is 0 Å². The van der Waals surface area contributed by atoms with Crippen LogP contribution in [0, 0.1) is 0 Å². The lowest BCUT2D eigenvalue weighted by Gasteiger charge is -2.27. The van der Waals surface area contributed by atoms with E-state index in [1.807, 2.05) is 0 Å². The summed E-state index contributed by atoms with van der Waals surface area (Å²) in [5, 5.41) is 12.7. The van der Waals surface area contributed by atoms with Crippen LogP contribution >= 0.6 is 0 Å². The minimum absolute atomic E-state index is 0.190. The molecule has 0 unspecified atom stereocenters. The molecule has 0 atom stereocenters. The number of aliphatic hydroxyl groups is 1. The van der Waals surface area contributed by atoms with Gasteiger partial charge >= 0.3 is 5.97 Å². The lowest BCUT2D eigenvalue weighted by molar-refractivity contribution is 0.0600. The van der Waals surface area contributed by atoms with Gasteiger partial charge in [0.15, 0.2) is 0 Å². The van der Waals surface area contributed by atoms with Crippen LogP contribution in [0.1, 0.15) is 36.0 Å². The Hall–Kier alpha value is -1.82. The molecule has 2 rings (SSSR count). The Bertz CT molecular complexity index is 456. The van der Waals surface area contributed by atoms with Gasteiger partial charge in [0.2, 0.25) is 0 Å². The lowest BCUT2D eigenvalue weighted by atomic mass is 9.93. The quantitative estimate of drug-likeness (QED) is 0.710. The molecule has 104 valence electrons. The van der Waals surface area contributed by atoms with E-state index >= 15 is 0 Å². The maximum Gasteiger partial charge on any atom is 0.339 e. The number of hydrogen-bond donors (Lipinski definition) is 3. The molecular formula is C13H19N3O3. The van der Waals surface area contributed by atoms with Gasteiger partial charge in [-0.15, -0.1) is 0 Å². The molecule has 0 spiro atoms. The number of esters is 1. The van der Waals surface area contributed by atoms with Crippen molar-refractivity contribution in [1.82, 2.24) is 4.98 Å². The molecule has 1 aliphatic rings. The largest absolute Gasteiger partial charge is 0.465 e. The lowest BCUT2D eigenvalue weighted by Crippen LogP contribution is -2.28. The van der Waals surface area contributed by atoms with Gasteiger partial charge in [0.05, 0.1) is 24.5 Å². The molecule has 0 aromatic carbocycles. The molecule has 0 saturated heterocycles. The van der Waals surface area contributed by atoms with Crippen LogP contribution in [0.3, 0.4) is 0 Å². The van der Waals surface area contributed by atoms with E-state index in [0.717, 1.165) is 25.7 Å². The first-order valence-corrected chi connectivity index (χ1v) is 6.38. The monoisotopic (exact) mass is 265 g/mol. The van der Waals surface area contributed by atoms with Gasteiger partial charge in [-0.2, -0.15) is 0 Å². The summed E-state index contributed by atoms with van der Waals surface area (Å²) in [5.74, 6) is 0.126. The molecule has 19 heavy (non-hydrogen) atoms. The van der Waals surface area contributed by atoms with Crippen LogP contribution in [0.25, 0.3) is 0 Å². The first-order valence-electron chi connectivity index (χ1n) is 6.38. The number of aromatic nitrogens is 1. The van der Waals surface area contributed by atoms with Gasteiger partial charge in [-0.25, -0.2) is 9.78 Å². The zero-order valence-electron chi connectivity index (χ0n) is 10.9. The van der Waals surface area contributed by atoms with E-state index in [0.29, 0.717) is 17.1 Å². The predicted molar refractivity (Wildman–Crippen MR) is 71.9 cm³/mol. The smallest absolute Gasteiger partial charge is 0.339 e. The summed E-state index contributed by atoms with van der Waals surface area (Å²) in [7, 11) is 1.32. The van der Waals surface area contributed by atoms with Crippen molar-refractivity contribution in [3.05, 3.63) is 17.8 Å². The molecule has 0 radical (unpaired) electrons. The first-order chi connectivity index (χ1) is 9.10. The Morgan fingerprint density at radius 1 is 1.47 bits per heavy atom. The highest BCUT2D eigenvalue weighted by atomic mass is 16.5. The Morgan fingerprint density at radius 3 is 2.74 bits per heavy atom. The zero-order chi connectivity index (χ0) is 13.8. The van der Waals surface area contributed by atoms with E-state index in [9.17, 15) is 9.90 Å². The minimum Gasteiger partial charge on any atom is -0.465 e. The van der Waals surface area contributed by atoms with Crippen LogP contribution in [-0.4, -0.2) is 35.3 Å². The van der Waals surface area contributed by atoms with Gasteiger partial charge in [-0.1, -0.05) is 0 Å². The highest BCUT2D eigenvalue weighted by molar-refractivity contribution is 5.90. The van der Waals surface area contributed by atoms with Crippen molar-refractivity contribution in [1.29, 1.82) is 0 Å². The SMILES string of the molecule is COC(=O)c1cnc(NC2CCC(O)CC2)c(N)c1. The van der Waals surface area contributed by atoms with Crippen molar-refractivity contribution in [3.8, 4) is 0 Å². The van der Waals surface area contributed by atoms with Crippen molar-refractivity contribution in [2.45, 2.75) is 37.8 Å². The number of carbonyl (C=O) groups excluding carboxylic acids is 1. The average molecular weight is 265 g/mol. The fourth-order valence-corrected chi connectivity index (χ4v) is 2.25. The number of methoxy groups -OCH3 is 1. The molecule has 1 fully saturated rings. The Kier molecular flexibility index (Phi) is 4.21. The average Bonchev–Trinajstić information content (AvgIpc) is 2.42. The number of nitrogens with two attached hydrogens (primary N) is 1. The third-order valence-electron chi connectivity index (χ3n) is 3.38. The maximum absolute atomic E-state index is 11.3. The highest BCUT2D eigenvalue weighted by Crippen LogP contribution is 2.24. The molecular weight excluding hydrogens is 246 g/mol. The van der Waals surface area contributed by atoms with Crippen LogP contribution < -0.4 is 11.1 Å². The summed E-state index contributed by atoms with van der Waals surface area (Å²) in [6.45, 7) is 0. The minimum atomic E-state index is -0.452. The van der Waals surface area contributed by atoms with Crippen LogP contribution in [0.4, 0.5) is 11.5 Å². The van der Waals surface area contributed by atoms with Crippen molar-refractivity contribution < 1.29 is 14.6 Å². The van der Waals surface area contributed by atoms with Crippen LogP contribution in [-0.2, 0) is 4.74 Å². The number of rotatable bonds is 3. The van der Waals surface area contributed by atoms with Crippen LogP contribution in [0.2, 0.25) is 0 Å². The van der Waals surface area contributed by atoms with E-state index in [4.69, 9.17) is 5.73 Å². The standard InChI is InChI=1S/C13H19N3O3/c1-19-13(18)8-6-11(14)12(15-7-8)16-9-2-4-10(17)5-3-9/h6-7,9-10,17H,2-5,14H2,1H3,(H,15,16). The van der Waals surface area contributed by atoms with E-state index < -0.39 is 5.97 Å². The van der Waals surface area contributed by atoms with Crippen LogP contribution in [0.15, 0.2) is 12.3 Å². The van der Waals surface area contributed by atoms with E-state index in [1.54, 1.807) is 6.07 Å². The molecule has 1 aromatic rings. The number of anilines is 2. The van der Waals surface area contributed by atoms with E-state index in [2.05, 4.69) is 15.0 Å². The highest BCUT2D eigenvalue weighted by Gasteiger charge is 2.20. The van der Waals surface area contributed by atoms with Crippen LogP contribution in [0.5, 0.6) is 0 Å². The summed E-state index contributed by atoms with van der Waals surface area (Å²) in [6, 6.07) is 1.82. The number of aliphatic hydroxyl groups excluding tert-OH is 1. The fourth-order valence-electron chi connectivity index (χ4n) is 2.25. The number of carbonyl (C=O) groups is 1. The molecule has 1 aromatic heterocycles. The van der Waals surface area contributed by atoms with E-state index in [-0.39, 0.29) is 12.1 Å². The molecule has 0 amide bonds. The first kappa shape index (κ1) is 13.6. The predicted octanol–water partition coefficient (Wildman–Crippen LogP) is 1.17. The Balaban J connectivity index is 2.03. The van der Waals surface area contributed by atoms with Crippen molar-refractivity contribution >= 4 is 17.5 Å². The van der Waals surface area contributed by atoms with E-state index in [1.165, 1.54) is 13.3 Å². The van der Waals surface area contributed by atoms with Crippen molar-refractivity contribution in [2.24, 2.45) is 0 Å². The van der Waals surface area contributed by atoms with Crippen molar-refractivity contribution in [3.63, 3.8) is 0 Å². The number of hydrogen-bond acceptors (Lipinski definition) is 6. The summed E-state index contributed by atoms with van der Waals surface area (Å²) in [4.78, 5) is 15.5. The zero-order valence-corrected chi connectivity index (χ0v) is 10.9. The Morgan fingerprint density at radius 2 is 2.16 bits per heavy atom. The number of nitrogens with one attached hydrogen (secondary N) is 1. The third kappa shape index (κ3) is 3.35. The summed E-state index contributed by atoms with van der Waals surface area (Å²) >= 11 is 0. The molecule has 1 saturated carbocycles. The second-order valence-electron chi connectivity index (χ2n) is 4.80. The molecule has 4 N–H and O–H groups in total. The normalized spacial score (nSPS) is 22.8. The molecule has 6 heteroatoms. The molecule has 6 nitrogen and oxygen atoms in total. The second kappa shape index (κ2) is 5.88. The molecule has 0 bridgehead atoms. The molecule has 1 aliphatic carbocycles. The Labute approximate surface area is 112 Å². The summed E-state index contributed by atoms with van der Waals surface area (Å²) in [5.41, 5.74) is 6.64. The fraction of sp³-hybridized carbons (Fsp3) is 0.538. The third-order valence-corrected chi connectivity index (χ3v) is 3.38. The second-order valence-corrected chi connectivity index (χ2v) is 4.80. The number of nitrogens with zero attached hydrogens (tertiary/aromatic N) is 1.